The van der Waals surface area contributed by atoms with Crippen molar-refractivity contribution in [3.8, 4) is 10.7 Å². The molecule has 0 spiro atoms. The molecule has 9 heteroatoms. The number of aromatic nitrogens is 5. The fourth-order valence-electron chi connectivity index (χ4n) is 1.86. The highest BCUT2D eigenvalue weighted by Gasteiger charge is 2.10. The van der Waals surface area contributed by atoms with Crippen LogP contribution in [-0.2, 0) is 20.1 Å². The number of aryl methyl sites for hydroxylation is 1. The molecular formula is C13H15N5O2S2. The van der Waals surface area contributed by atoms with E-state index in [2.05, 4.69) is 20.3 Å². The van der Waals surface area contributed by atoms with Gasteiger partial charge in [0.2, 0.25) is 11.7 Å². The van der Waals surface area contributed by atoms with Crippen molar-refractivity contribution in [1.29, 1.82) is 0 Å². The minimum absolute atomic E-state index is 0.0997. The van der Waals surface area contributed by atoms with Crippen molar-refractivity contribution in [1.82, 2.24) is 24.9 Å². The maximum absolute atomic E-state index is 9.07. The van der Waals surface area contributed by atoms with Crippen LogP contribution >= 0.6 is 23.1 Å². The van der Waals surface area contributed by atoms with Crippen LogP contribution in [0.2, 0.25) is 0 Å². The number of rotatable bonds is 7. The minimum atomic E-state index is -0.0997. The molecule has 0 radical (unpaired) electrons. The summed E-state index contributed by atoms with van der Waals surface area (Å²) in [5.41, 5.74) is 0. The Balaban J connectivity index is 1.48. The molecule has 1 N–H and O–H groups in total. The molecule has 0 fully saturated rings. The first kappa shape index (κ1) is 15.2. The third kappa shape index (κ3) is 3.37. The number of aliphatic hydroxyl groups excluding tert-OH is 1. The molecular weight excluding hydrogens is 322 g/mol. The largest absolute Gasteiger partial charge is 0.388 e. The second-order valence-corrected chi connectivity index (χ2v) is 6.57. The van der Waals surface area contributed by atoms with Gasteiger partial charge in [0.1, 0.15) is 6.61 Å². The lowest BCUT2D eigenvalue weighted by Crippen LogP contribution is -1.99. The van der Waals surface area contributed by atoms with E-state index in [1.54, 1.807) is 27.7 Å². The fourth-order valence-corrected chi connectivity index (χ4v) is 3.38. The first-order valence-electron chi connectivity index (χ1n) is 6.76. The summed E-state index contributed by atoms with van der Waals surface area (Å²) < 4.78 is 7.05. The molecule has 0 aromatic carbocycles. The molecule has 3 rings (SSSR count). The Morgan fingerprint density at radius 3 is 3.05 bits per heavy atom. The molecule has 7 nitrogen and oxygen atoms in total. The molecule has 3 heterocycles. The van der Waals surface area contributed by atoms with Crippen LogP contribution in [0, 0.1) is 0 Å². The van der Waals surface area contributed by atoms with Gasteiger partial charge in [-0.05, 0) is 17.9 Å². The molecule has 0 saturated heterocycles. The van der Waals surface area contributed by atoms with Crippen molar-refractivity contribution in [3.05, 3.63) is 29.2 Å². The molecule has 0 bridgehead atoms. The number of hydrogen-bond acceptors (Lipinski definition) is 8. The van der Waals surface area contributed by atoms with E-state index >= 15 is 0 Å². The minimum Gasteiger partial charge on any atom is -0.388 e. The van der Waals surface area contributed by atoms with Crippen LogP contribution in [-0.4, -0.2) is 35.8 Å². The number of thiophene rings is 1. The SMILES string of the molecule is Cn1c(CO)nnc1SCCCc1nc(-c2cccs2)no1. The monoisotopic (exact) mass is 337 g/mol. The Morgan fingerprint density at radius 1 is 1.41 bits per heavy atom. The van der Waals surface area contributed by atoms with Gasteiger partial charge in [-0.25, -0.2) is 0 Å². The van der Waals surface area contributed by atoms with Crippen LogP contribution in [0.25, 0.3) is 10.7 Å². The van der Waals surface area contributed by atoms with Crippen LogP contribution < -0.4 is 0 Å². The standard InChI is InChI=1S/C13H15N5O2S2/c1-18-10(8-19)15-16-13(18)22-7-3-5-11-14-12(17-20-11)9-4-2-6-21-9/h2,4,6,19H,3,5,7-8H2,1H3. The van der Waals surface area contributed by atoms with Crippen LogP contribution in [0.15, 0.2) is 27.2 Å². The predicted octanol–water partition coefficient (Wildman–Crippen LogP) is 2.14. The smallest absolute Gasteiger partial charge is 0.227 e. The van der Waals surface area contributed by atoms with Crippen molar-refractivity contribution in [2.24, 2.45) is 7.05 Å². The second-order valence-electron chi connectivity index (χ2n) is 4.56. The van der Waals surface area contributed by atoms with Crippen LogP contribution in [0.4, 0.5) is 0 Å². The highest BCUT2D eigenvalue weighted by molar-refractivity contribution is 7.99. The Bertz CT molecular complexity index is 723. The zero-order valence-corrected chi connectivity index (χ0v) is 13.6. The van der Waals surface area contributed by atoms with Crippen LogP contribution in [0.5, 0.6) is 0 Å². The summed E-state index contributed by atoms with van der Waals surface area (Å²) >= 11 is 3.19. The van der Waals surface area contributed by atoms with E-state index < -0.39 is 0 Å². The molecule has 0 aliphatic rings. The lowest BCUT2D eigenvalue weighted by atomic mass is 10.3. The van der Waals surface area contributed by atoms with E-state index in [4.69, 9.17) is 9.63 Å². The summed E-state index contributed by atoms with van der Waals surface area (Å²) in [5, 5.41) is 23.8. The van der Waals surface area contributed by atoms with Crippen molar-refractivity contribution in [3.63, 3.8) is 0 Å². The van der Waals surface area contributed by atoms with E-state index in [1.807, 2.05) is 24.6 Å². The fraction of sp³-hybridized carbons (Fsp3) is 0.385. The Morgan fingerprint density at radius 2 is 2.32 bits per heavy atom. The van der Waals surface area contributed by atoms with E-state index in [0.29, 0.717) is 17.5 Å². The summed E-state index contributed by atoms with van der Waals surface area (Å²) in [6, 6.07) is 3.94. The average Bonchev–Trinajstić information content (AvgIpc) is 3.25. The Labute approximate surface area is 135 Å². The average molecular weight is 337 g/mol. The summed E-state index contributed by atoms with van der Waals surface area (Å²) in [7, 11) is 1.85. The van der Waals surface area contributed by atoms with Gasteiger partial charge in [-0.15, -0.1) is 21.5 Å². The summed E-state index contributed by atoms with van der Waals surface area (Å²) in [6.07, 6.45) is 1.63. The molecule has 0 aliphatic carbocycles. The van der Waals surface area contributed by atoms with Gasteiger partial charge in [0.25, 0.3) is 0 Å². The Hall–Kier alpha value is -1.71. The number of aliphatic hydroxyl groups is 1. The number of thioether (sulfide) groups is 1. The van der Waals surface area contributed by atoms with Crippen molar-refractivity contribution in [2.75, 3.05) is 5.75 Å². The first-order chi connectivity index (χ1) is 10.8. The molecule has 3 aromatic heterocycles. The molecule has 22 heavy (non-hydrogen) atoms. The highest BCUT2D eigenvalue weighted by Crippen LogP contribution is 2.22. The lowest BCUT2D eigenvalue weighted by Gasteiger charge is -2.00. The quantitative estimate of drug-likeness (QED) is 0.522. The summed E-state index contributed by atoms with van der Waals surface area (Å²) in [4.78, 5) is 5.40. The first-order valence-corrected chi connectivity index (χ1v) is 8.63. The van der Waals surface area contributed by atoms with E-state index in [1.165, 1.54) is 0 Å². The number of nitrogens with zero attached hydrogens (tertiary/aromatic N) is 5. The second kappa shape index (κ2) is 7.03. The molecule has 0 atom stereocenters. The Kier molecular flexibility index (Phi) is 4.86. The van der Waals surface area contributed by atoms with Gasteiger partial charge < -0.3 is 14.2 Å². The zero-order valence-electron chi connectivity index (χ0n) is 12.0. The van der Waals surface area contributed by atoms with Crippen molar-refractivity contribution >= 4 is 23.1 Å². The van der Waals surface area contributed by atoms with E-state index in [-0.39, 0.29) is 6.61 Å². The van der Waals surface area contributed by atoms with Gasteiger partial charge in [0.15, 0.2) is 11.0 Å². The maximum Gasteiger partial charge on any atom is 0.227 e. The maximum atomic E-state index is 9.07. The lowest BCUT2D eigenvalue weighted by molar-refractivity contribution is 0.266. The zero-order chi connectivity index (χ0) is 15.4. The molecule has 0 amide bonds. The number of hydrogen-bond donors (Lipinski definition) is 1. The van der Waals surface area contributed by atoms with Gasteiger partial charge in [-0.1, -0.05) is 23.0 Å². The third-order valence-corrected chi connectivity index (χ3v) is 5.01. The molecule has 3 aromatic rings. The topological polar surface area (TPSA) is 89.9 Å². The summed E-state index contributed by atoms with van der Waals surface area (Å²) in [6.45, 7) is -0.0997. The van der Waals surface area contributed by atoms with Gasteiger partial charge in [-0.2, -0.15) is 4.98 Å². The molecule has 116 valence electrons. The van der Waals surface area contributed by atoms with E-state index in [0.717, 1.165) is 28.6 Å². The van der Waals surface area contributed by atoms with Gasteiger partial charge in [0, 0.05) is 19.2 Å². The predicted molar refractivity (Wildman–Crippen MR) is 83.6 cm³/mol. The molecule has 0 saturated carbocycles. The van der Waals surface area contributed by atoms with Crippen molar-refractivity contribution in [2.45, 2.75) is 24.6 Å². The van der Waals surface area contributed by atoms with Gasteiger partial charge in [-0.3, -0.25) is 0 Å². The van der Waals surface area contributed by atoms with Gasteiger partial charge >= 0.3 is 0 Å². The molecule has 0 aliphatic heterocycles. The van der Waals surface area contributed by atoms with E-state index in [9.17, 15) is 0 Å². The van der Waals surface area contributed by atoms with Gasteiger partial charge in [0.05, 0.1) is 4.88 Å². The normalized spacial score (nSPS) is 11.2. The highest BCUT2D eigenvalue weighted by atomic mass is 32.2. The molecule has 0 unspecified atom stereocenters. The summed E-state index contributed by atoms with van der Waals surface area (Å²) in [5.74, 6) is 2.74. The van der Waals surface area contributed by atoms with Crippen LogP contribution in [0.3, 0.4) is 0 Å². The van der Waals surface area contributed by atoms with Crippen LogP contribution in [0.1, 0.15) is 18.1 Å². The van der Waals surface area contributed by atoms with Crippen molar-refractivity contribution < 1.29 is 9.63 Å². The third-order valence-electron chi connectivity index (χ3n) is 3.04.